The van der Waals surface area contributed by atoms with Gasteiger partial charge in [-0.05, 0) is 50.2 Å². The van der Waals surface area contributed by atoms with Crippen molar-refractivity contribution in [3.63, 3.8) is 0 Å². The van der Waals surface area contributed by atoms with Gasteiger partial charge < -0.3 is 32.7 Å². The van der Waals surface area contributed by atoms with Gasteiger partial charge in [-0.15, -0.1) is 0 Å². The molecule has 4 rings (SSSR count). The number of benzene rings is 3. The van der Waals surface area contributed by atoms with Gasteiger partial charge in [0.2, 0.25) is 6.29 Å². The molecule has 3 aromatic carbocycles. The van der Waals surface area contributed by atoms with E-state index in [9.17, 15) is 19.2 Å². The van der Waals surface area contributed by atoms with Crippen LogP contribution in [0, 0.1) is 0 Å². The Morgan fingerprint density at radius 2 is 1.02 bits per heavy atom. The van der Waals surface area contributed by atoms with Gasteiger partial charge in [0.1, 0.15) is 0 Å². The highest BCUT2D eigenvalue weighted by Crippen LogP contribution is 2.44. The van der Waals surface area contributed by atoms with Gasteiger partial charge in [-0.2, -0.15) is 0 Å². The number of hydrogen-bond donors (Lipinski definition) is 0. The van der Waals surface area contributed by atoms with Crippen LogP contribution in [0.5, 0.6) is 0 Å². The predicted octanol–water partition coefficient (Wildman–Crippen LogP) is 4.88. The summed E-state index contributed by atoms with van der Waals surface area (Å²) >= 11 is 0. The third-order valence-electron chi connectivity index (χ3n) is 6.35. The maximum absolute atomic E-state index is 13.4. The molecule has 0 bridgehead atoms. The first-order valence-electron chi connectivity index (χ1n) is 14.1. The number of esters is 4. The molecule has 1 saturated heterocycles. The van der Waals surface area contributed by atoms with Gasteiger partial charge in [0, 0.05) is 0 Å². The van der Waals surface area contributed by atoms with E-state index in [2.05, 4.69) is 0 Å². The van der Waals surface area contributed by atoms with Crippen LogP contribution in [0.4, 0.5) is 0 Å². The van der Waals surface area contributed by atoms with Gasteiger partial charge in [-0.25, -0.2) is 19.2 Å². The smallest absolute Gasteiger partial charge is 0.339 e. The molecule has 3 aromatic rings. The highest BCUT2D eigenvalue weighted by Gasteiger charge is 2.56. The predicted molar refractivity (Wildman–Crippen MR) is 159 cm³/mol. The van der Waals surface area contributed by atoms with Crippen molar-refractivity contribution >= 4 is 32.5 Å². The number of hydrogen-bond acceptors (Lipinski definition) is 12. The molecule has 0 saturated carbocycles. The Morgan fingerprint density at radius 3 is 1.42 bits per heavy atom. The number of ether oxygens (including phenoxy) is 5. The molecule has 0 spiro atoms. The van der Waals surface area contributed by atoms with Crippen LogP contribution >= 0.6 is 8.60 Å². The van der Waals surface area contributed by atoms with Crippen molar-refractivity contribution < 1.29 is 56.4 Å². The molecule has 0 aromatic heterocycles. The van der Waals surface area contributed by atoms with Crippen LogP contribution in [-0.4, -0.2) is 74.9 Å². The molecule has 1 fully saturated rings. The second kappa shape index (κ2) is 16.8. The minimum absolute atomic E-state index is 0.140. The maximum atomic E-state index is 13.4. The summed E-state index contributed by atoms with van der Waals surface area (Å²) in [5, 5.41) is 0. The Bertz CT molecular complexity index is 1400. The van der Waals surface area contributed by atoms with Crippen molar-refractivity contribution in [1.29, 1.82) is 0 Å². The molecule has 45 heavy (non-hydrogen) atoms. The minimum Gasteiger partial charge on any atom is -0.467 e. The molecule has 5 atom stereocenters. The molecule has 0 radical (unpaired) electrons. The molecule has 12 nitrogen and oxygen atoms in total. The lowest BCUT2D eigenvalue weighted by molar-refractivity contribution is -0.272. The first kappa shape index (κ1) is 33.7. The molecule has 0 N–H and O–H groups in total. The average molecular weight is 641 g/mol. The second-order valence-electron chi connectivity index (χ2n) is 9.32. The lowest BCUT2D eigenvalue weighted by Gasteiger charge is -2.43. The van der Waals surface area contributed by atoms with Crippen LogP contribution in [0.15, 0.2) is 91.0 Å². The van der Waals surface area contributed by atoms with Crippen LogP contribution in [0.3, 0.4) is 0 Å². The standard InChI is InChI=1S/C32H33O12P/c1-4-38-45(39-5-2)44-32-27(42-30(35)23-19-13-8-14-20-23)25(41-29(34)22-17-11-7-12-18-22)24(26(43-32)31(36)37-3)40-28(33)21-15-9-6-10-16-21/h6-20,24-27,32H,4-5H2,1-3H3/t24-,25-,26-,27+,32?/m0/s1. The number of carbonyl (C=O) groups excluding carboxylic acids is 4. The summed E-state index contributed by atoms with van der Waals surface area (Å²) < 4.78 is 45.6. The van der Waals surface area contributed by atoms with E-state index in [1.807, 2.05) is 0 Å². The van der Waals surface area contributed by atoms with Crippen LogP contribution in [0.25, 0.3) is 0 Å². The highest BCUT2D eigenvalue weighted by molar-refractivity contribution is 7.41. The molecule has 0 aliphatic carbocycles. The summed E-state index contributed by atoms with van der Waals surface area (Å²) in [4.78, 5) is 53.3. The van der Waals surface area contributed by atoms with Crippen LogP contribution < -0.4 is 0 Å². The summed E-state index contributed by atoms with van der Waals surface area (Å²) in [7, 11) is -0.991. The van der Waals surface area contributed by atoms with E-state index in [4.69, 9.17) is 37.3 Å². The zero-order chi connectivity index (χ0) is 32.2. The first-order valence-corrected chi connectivity index (χ1v) is 15.2. The zero-order valence-electron chi connectivity index (χ0n) is 24.8. The fourth-order valence-corrected chi connectivity index (χ4v) is 5.24. The van der Waals surface area contributed by atoms with Crippen molar-refractivity contribution in [2.24, 2.45) is 0 Å². The number of methoxy groups -OCH3 is 1. The molecular formula is C32H33O12P. The van der Waals surface area contributed by atoms with Crippen LogP contribution in [-0.2, 0) is 42.1 Å². The molecule has 1 unspecified atom stereocenters. The van der Waals surface area contributed by atoms with Crippen LogP contribution in [0.2, 0.25) is 0 Å². The Labute approximate surface area is 261 Å². The van der Waals surface area contributed by atoms with Gasteiger partial charge in [0.05, 0.1) is 37.0 Å². The minimum atomic E-state index is -2.10. The van der Waals surface area contributed by atoms with Crippen molar-refractivity contribution in [3.8, 4) is 0 Å². The first-order chi connectivity index (χ1) is 21.9. The van der Waals surface area contributed by atoms with E-state index < -0.39 is 63.2 Å². The van der Waals surface area contributed by atoms with E-state index in [1.54, 1.807) is 68.4 Å². The van der Waals surface area contributed by atoms with Crippen molar-refractivity contribution in [3.05, 3.63) is 108 Å². The second-order valence-corrected chi connectivity index (χ2v) is 10.5. The van der Waals surface area contributed by atoms with E-state index in [0.717, 1.165) is 7.11 Å². The molecule has 13 heteroatoms. The highest BCUT2D eigenvalue weighted by atomic mass is 31.2. The van der Waals surface area contributed by atoms with Gasteiger partial charge in [0.15, 0.2) is 24.4 Å². The third kappa shape index (κ3) is 8.93. The lowest BCUT2D eigenvalue weighted by Crippen LogP contribution is -2.63. The van der Waals surface area contributed by atoms with Gasteiger partial charge >= 0.3 is 32.5 Å². The lowest BCUT2D eigenvalue weighted by atomic mass is 9.97. The average Bonchev–Trinajstić information content (AvgIpc) is 3.07. The van der Waals surface area contributed by atoms with E-state index in [0.29, 0.717) is 0 Å². The number of carbonyl (C=O) groups is 4. The van der Waals surface area contributed by atoms with Gasteiger partial charge in [0.25, 0.3) is 0 Å². The quantitative estimate of drug-likeness (QED) is 0.143. The summed E-state index contributed by atoms with van der Waals surface area (Å²) in [6, 6.07) is 23.9. The molecular weight excluding hydrogens is 607 g/mol. The Hall–Kier alpha value is -4.19. The summed E-state index contributed by atoms with van der Waals surface area (Å²) in [5.41, 5.74) is 0.444. The monoisotopic (exact) mass is 640 g/mol. The molecule has 1 heterocycles. The third-order valence-corrected chi connectivity index (χ3v) is 7.66. The summed E-state index contributed by atoms with van der Waals surface area (Å²) in [6.07, 6.45) is -8.18. The fourth-order valence-electron chi connectivity index (χ4n) is 4.28. The van der Waals surface area contributed by atoms with Crippen molar-refractivity contribution in [2.45, 2.75) is 44.6 Å². The van der Waals surface area contributed by atoms with E-state index in [-0.39, 0.29) is 29.9 Å². The number of rotatable bonds is 13. The normalized spacial score (nSPS) is 21.0. The molecule has 238 valence electrons. The molecule has 1 aliphatic rings. The summed E-state index contributed by atoms with van der Waals surface area (Å²) in [6.45, 7) is 3.81. The Kier molecular flexibility index (Phi) is 12.6. The largest absolute Gasteiger partial charge is 0.467 e. The van der Waals surface area contributed by atoms with Crippen molar-refractivity contribution in [1.82, 2.24) is 0 Å². The molecule has 0 amide bonds. The maximum Gasteiger partial charge on any atom is 0.339 e. The fraction of sp³-hybridized carbons (Fsp3) is 0.312. The molecule has 1 aliphatic heterocycles. The van der Waals surface area contributed by atoms with Crippen molar-refractivity contribution in [2.75, 3.05) is 20.3 Å². The summed E-state index contributed by atoms with van der Waals surface area (Å²) in [5.74, 6) is -3.53. The Morgan fingerprint density at radius 1 is 0.622 bits per heavy atom. The topological polar surface area (TPSA) is 142 Å². The SMILES string of the molecule is CCOP(OCC)OC1O[C@H](C(=O)OC)[C@@H](OC(=O)c2ccccc2)[C@H](OC(=O)c2ccccc2)[C@H]1OC(=O)c1ccccc1. The zero-order valence-corrected chi connectivity index (χ0v) is 25.7. The van der Waals surface area contributed by atoms with E-state index >= 15 is 0 Å². The van der Waals surface area contributed by atoms with Gasteiger partial charge in [-0.1, -0.05) is 54.6 Å². The van der Waals surface area contributed by atoms with E-state index in [1.165, 1.54) is 36.4 Å². The van der Waals surface area contributed by atoms with Gasteiger partial charge in [-0.3, -0.25) is 4.52 Å². The Balaban J connectivity index is 1.80. The van der Waals surface area contributed by atoms with Crippen LogP contribution in [0.1, 0.15) is 44.9 Å².